The molecule has 0 radical (unpaired) electrons. The summed E-state index contributed by atoms with van der Waals surface area (Å²) >= 11 is 1.33. The number of anilines is 2. The number of rotatable bonds is 4. The van der Waals surface area contributed by atoms with E-state index in [-0.39, 0.29) is 23.4 Å². The van der Waals surface area contributed by atoms with Crippen molar-refractivity contribution in [3.05, 3.63) is 35.4 Å². The molecule has 1 saturated heterocycles. The van der Waals surface area contributed by atoms with Crippen molar-refractivity contribution in [2.45, 2.75) is 58.1 Å². The molecule has 1 aliphatic heterocycles. The lowest BCUT2D eigenvalue weighted by molar-refractivity contribution is 0.145. The zero-order valence-corrected chi connectivity index (χ0v) is 16.6. The Morgan fingerprint density at radius 2 is 2.00 bits per heavy atom. The fourth-order valence-corrected chi connectivity index (χ4v) is 3.96. The number of benzene rings is 1. The summed E-state index contributed by atoms with van der Waals surface area (Å²) in [4.78, 5) is 6.80. The largest absolute Gasteiger partial charge is 0.393 e. The second-order valence-corrected chi connectivity index (χ2v) is 8.71. The quantitative estimate of drug-likeness (QED) is 0.838. The predicted molar refractivity (Wildman–Crippen MR) is 105 cm³/mol. The van der Waals surface area contributed by atoms with Crippen LogP contribution >= 0.6 is 11.5 Å². The number of aromatic nitrogens is 2. The first-order valence-electron chi connectivity index (χ1n) is 9.07. The van der Waals surface area contributed by atoms with Crippen LogP contribution in [0, 0.1) is 5.82 Å². The van der Waals surface area contributed by atoms with Crippen LogP contribution in [-0.2, 0) is 5.41 Å². The van der Waals surface area contributed by atoms with Gasteiger partial charge in [0.15, 0.2) is 0 Å². The number of aliphatic hydroxyl groups excluding tert-OH is 1. The first-order chi connectivity index (χ1) is 12.2. The van der Waals surface area contributed by atoms with Gasteiger partial charge in [0.25, 0.3) is 0 Å². The van der Waals surface area contributed by atoms with Gasteiger partial charge in [0.1, 0.15) is 11.6 Å². The zero-order valence-electron chi connectivity index (χ0n) is 15.8. The molecule has 142 valence electrons. The number of aliphatic hydroxyl groups is 1. The third kappa shape index (κ3) is 4.32. The fourth-order valence-electron chi connectivity index (χ4n) is 3.12. The SMILES string of the molecule is CC(Nc1nc(C(C)(C)C)ns1)c1cc(F)ccc1N1CCC(O)CC1. The monoisotopic (exact) mass is 378 g/mol. The van der Waals surface area contributed by atoms with E-state index in [4.69, 9.17) is 0 Å². The second kappa shape index (κ2) is 7.48. The Morgan fingerprint density at radius 3 is 2.62 bits per heavy atom. The molecule has 1 atom stereocenters. The van der Waals surface area contributed by atoms with E-state index < -0.39 is 0 Å². The highest BCUT2D eigenvalue weighted by Gasteiger charge is 2.23. The second-order valence-electron chi connectivity index (χ2n) is 7.96. The minimum atomic E-state index is -0.248. The highest BCUT2D eigenvalue weighted by atomic mass is 32.1. The maximum absolute atomic E-state index is 13.9. The molecule has 7 heteroatoms. The smallest absolute Gasteiger partial charge is 0.203 e. The molecule has 0 saturated carbocycles. The third-order valence-corrected chi connectivity index (χ3v) is 5.34. The molecular weight excluding hydrogens is 351 g/mol. The summed E-state index contributed by atoms with van der Waals surface area (Å²) in [5, 5.41) is 13.9. The Bertz CT molecular complexity index is 750. The molecule has 1 unspecified atom stereocenters. The topological polar surface area (TPSA) is 61.3 Å². The molecule has 0 aliphatic carbocycles. The highest BCUT2D eigenvalue weighted by Crippen LogP contribution is 2.32. The summed E-state index contributed by atoms with van der Waals surface area (Å²) in [6.07, 6.45) is 1.25. The van der Waals surface area contributed by atoms with E-state index in [0.29, 0.717) is 0 Å². The Morgan fingerprint density at radius 1 is 1.31 bits per heavy atom. The Labute approximate surface area is 158 Å². The van der Waals surface area contributed by atoms with E-state index in [0.717, 1.165) is 48.1 Å². The van der Waals surface area contributed by atoms with Crippen molar-refractivity contribution in [3.8, 4) is 0 Å². The standard InChI is InChI=1S/C19H27FN4OS/c1-12(21-18-22-17(23-26-18)19(2,3)4)15-11-13(20)5-6-16(15)24-9-7-14(25)8-10-24/h5-6,11-12,14,25H,7-10H2,1-4H3,(H,21,22,23). The van der Waals surface area contributed by atoms with Crippen LogP contribution in [0.5, 0.6) is 0 Å². The van der Waals surface area contributed by atoms with E-state index in [1.807, 2.05) is 13.0 Å². The first kappa shape index (κ1) is 19.0. The van der Waals surface area contributed by atoms with Crippen molar-refractivity contribution in [1.82, 2.24) is 9.36 Å². The molecule has 3 rings (SSSR count). The minimum absolute atomic E-state index is 0.0989. The van der Waals surface area contributed by atoms with Gasteiger partial charge in [-0.2, -0.15) is 4.37 Å². The third-order valence-electron chi connectivity index (χ3n) is 4.70. The molecule has 0 amide bonds. The number of nitrogens with zero attached hydrogens (tertiary/aromatic N) is 3. The van der Waals surface area contributed by atoms with Crippen molar-refractivity contribution in [2.75, 3.05) is 23.3 Å². The summed E-state index contributed by atoms with van der Waals surface area (Å²) in [5.41, 5.74) is 1.81. The fraction of sp³-hybridized carbons (Fsp3) is 0.579. The molecule has 2 N–H and O–H groups in total. The number of hydrogen-bond acceptors (Lipinski definition) is 6. The lowest BCUT2D eigenvalue weighted by Crippen LogP contribution is -2.36. The maximum atomic E-state index is 13.9. The van der Waals surface area contributed by atoms with Crippen LogP contribution in [0.3, 0.4) is 0 Å². The molecule has 1 fully saturated rings. The van der Waals surface area contributed by atoms with Gasteiger partial charge >= 0.3 is 0 Å². The van der Waals surface area contributed by atoms with Gasteiger partial charge in [0.05, 0.1) is 12.1 Å². The average molecular weight is 379 g/mol. The van der Waals surface area contributed by atoms with Gasteiger partial charge in [-0.3, -0.25) is 0 Å². The summed E-state index contributed by atoms with van der Waals surface area (Å²) in [7, 11) is 0. The van der Waals surface area contributed by atoms with Crippen LogP contribution < -0.4 is 10.2 Å². The van der Waals surface area contributed by atoms with Crippen molar-refractivity contribution >= 4 is 22.4 Å². The van der Waals surface area contributed by atoms with Gasteiger partial charge in [-0.25, -0.2) is 9.37 Å². The summed E-state index contributed by atoms with van der Waals surface area (Å²) in [6.45, 7) is 9.81. The van der Waals surface area contributed by atoms with Crippen LogP contribution in [0.4, 0.5) is 15.2 Å². The summed E-state index contributed by atoms with van der Waals surface area (Å²) in [6, 6.07) is 4.82. The molecule has 0 spiro atoms. The highest BCUT2D eigenvalue weighted by molar-refractivity contribution is 7.09. The van der Waals surface area contributed by atoms with Crippen molar-refractivity contribution in [1.29, 1.82) is 0 Å². The molecule has 1 aromatic heterocycles. The number of nitrogens with one attached hydrogen (secondary N) is 1. The normalized spacial score (nSPS) is 17.4. The van der Waals surface area contributed by atoms with Crippen molar-refractivity contribution in [2.24, 2.45) is 0 Å². The molecule has 2 aromatic rings. The molecule has 0 bridgehead atoms. The zero-order chi connectivity index (χ0) is 18.9. The number of piperidine rings is 1. The lowest BCUT2D eigenvalue weighted by atomic mass is 9.96. The van der Waals surface area contributed by atoms with Crippen LogP contribution in [0.2, 0.25) is 0 Å². The molecule has 26 heavy (non-hydrogen) atoms. The lowest BCUT2D eigenvalue weighted by Gasteiger charge is -2.34. The van der Waals surface area contributed by atoms with E-state index in [1.54, 1.807) is 6.07 Å². The molecular formula is C19H27FN4OS. The first-order valence-corrected chi connectivity index (χ1v) is 9.84. The van der Waals surface area contributed by atoms with Crippen LogP contribution in [0.25, 0.3) is 0 Å². The van der Waals surface area contributed by atoms with Gasteiger partial charge in [-0.1, -0.05) is 20.8 Å². The summed E-state index contributed by atoms with van der Waals surface area (Å²) in [5.74, 6) is 0.559. The molecule has 1 aliphatic rings. The van der Waals surface area contributed by atoms with Gasteiger partial charge in [0.2, 0.25) is 5.13 Å². The van der Waals surface area contributed by atoms with Gasteiger partial charge in [-0.15, -0.1) is 0 Å². The van der Waals surface area contributed by atoms with Gasteiger partial charge in [0, 0.05) is 41.3 Å². The molecule has 1 aromatic carbocycles. The molecule has 2 heterocycles. The molecule has 5 nitrogen and oxygen atoms in total. The Hall–Kier alpha value is -1.73. The van der Waals surface area contributed by atoms with E-state index >= 15 is 0 Å². The van der Waals surface area contributed by atoms with Crippen LogP contribution in [0.1, 0.15) is 58.0 Å². The van der Waals surface area contributed by atoms with E-state index in [1.165, 1.54) is 17.6 Å². The Kier molecular flexibility index (Phi) is 5.48. The van der Waals surface area contributed by atoms with Crippen LogP contribution in [0.15, 0.2) is 18.2 Å². The average Bonchev–Trinajstić information content (AvgIpc) is 3.04. The predicted octanol–water partition coefficient (Wildman–Crippen LogP) is 4.11. The maximum Gasteiger partial charge on any atom is 0.203 e. The summed E-state index contributed by atoms with van der Waals surface area (Å²) < 4.78 is 18.4. The van der Waals surface area contributed by atoms with E-state index in [2.05, 4.69) is 40.3 Å². The van der Waals surface area contributed by atoms with E-state index in [9.17, 15) is 9.50 Å². The van der Waals surface area contributed by atoms with Gasteiger partial charge < -0.3 is 15.3 Å². The number of halogens is 1. The van der Waals surface area contributed by atoms with Gasteiger partial charge in [-0.05, 0) is 38.0 Å². The van der Waals surface area contributed by atoms with Crippen molar-refractivity contribution in [3.63, 3.8) is 0 Å². The van der Waals surface area contributed by atoms with Crippen molar-refractivity contribution < 1.29 is 9.50 Å². The minimum Gasteiger partial charge on any atom is -0.393 e. The number of hydrogen-bond donors (Lipinski definition) is 2. The Balaban J connectivity index is 1.81. The van der Waals surface area contributed by atoms with Crippen LogP contribution in [-0.4, -0.2) is 33.7 Å².